The van der Waals surface area contributed by atoms with Crippen molar-refractivity contribution in [2.75, 3.05) is 32.0 Å². The molecule has 160 valence electrons. The number of thiocarbonyl (C=S) groups is 1. The van der Waals surface area contributed by atoms with E-state index in [0.717, 1.165) is 5.69 Å². The van der Waals surface area contributed by atoms with Crippen molar-refractivity contribution in [2.24, 2.45) is 0 Å². The van der Waals surface area contributed by atoms with Gasteiger partial charge in [0.25, 0.3) is 0 Å². The lowest BCUT2D eigenvalue weighted by molar-refractivity contribution is 0.103. The van der Waals surface area contributed by atoms with E-state index in [9.17, 15) is 4.79 Å². The van der Waals surface area contributed by atoms with Crippen LogP contribution in [0, 0.1) is 0 Å². The van der Waals surface area contributed by atoms with Gasteiger partial charge in [-0.25, -0.2) is 0 Å². The van der Waals surface area contributed by atoms with Crippen molar-refractivity contribution in [2.45, 2.75) is 0 Å². The Bertz CT molecular complexity index is 1080. The van der Waals surface area contributed by atoms with Gasteiger partial charge in [-0.05, 0) is 54.7 Å². The predicted molar refractivity (Wildman–Crippen MR) is 127 cm³/mol. The molecule has 8 heteroatoms. The summed E-state index contributed by atoms with van der Waals surface area (Å²) >= 11 is 11.6. The fraction of sp³-hybridized carbons (Fsp3) is 0.130. The molecular formula is C23H21ClN2O4S. The third kappa shape index (κ3) is 5.25. The number of hydrogen-bond donors (Lipinski definition) is 2. The molecule has 31 heavy (non-hydrogen) atoms. The van der Waals surface area contributed by atoms with Crippen LogP contribution < -0.4 is 24.8 Å². The molecule has 0 aliphatic heterocycles. The predicted octanol–water partition coefficient (Wildman–Crippen LogP) is 5.41. The fourth-order valence-electron chi connectivity index (χ4n) is 2.99. The van der Waals surface area contributed by atoms with Crippen molar-refractivity contribution in [3.05, 3.63) is 76.8 Å². The number of benzene rings is 3. The molecule has 3 aromatic rings. The molecule has 0 atom stereocenters. The molecule has 6 nitrogen and oxygen atoms in total. The second-order valence-corrected chi connectivity index (χ2v) is 7.22. The molecule has 0 aromatic heterocycles. The van der Waals surface area contributed by atoms with Crippen LogP contribution in [-0.2, 0) is 0 Å². The maximum absolute atomic E-state index is 13.4. The van der Waals surface area contributed by atoms with Crippen molar-refractivity contribution in [3.8, 4) is 17.2 Å². The first-order chi connectivity index (χ1) is 15.0. The van der Waals surface area contributed by atoms with E-state index < -0.39 is 0 Å². The molecule has 2 N–H and O–H groups in total. The number of carbonyl (C=O) groups excluding carboxylic acids is 1. The van der Waals surface area contributed by atoms with Gasteiger partial charge in [-0.3, -0.25) is 4.79 Å². The van der Waals surface area contributed by atoms with Crippen LogP contribution in [0.2, 0.25) is 5.02 Å². The summed E-state index contributed by atoms with van der Waals surface area (Å²) in [4.78, 5) is 13.4. The van der Waals surface area contributed by atoms with Crippen LogP contribution in [0.1, 0.15) is 15.9 Å². The van der Waals surface area contributed by atoms with Crippen molar-refractivity contribution >= 4 is 46.1 Å². The zero-order chi connectivity index (χ0) is 22.4. The topological polar surface area (TPSA) is 68.8 Å². The molecule has 0 bridgehead atoms. The largest absolute Gasteiger partial charge is 0.493 e. The average molecular weight is 457 g/mol. The van der Waals surface area contributed by atoms with Gasteiger partial charge < -0.3 is 24.8 Å². The van der Waals surface area contributed by atoms with Crippen LogP contribution in [0.4, 0.5) is 11.4 Å². The molecule has 0 saturated heterocycles. The molecule has 0 spiro atoms. The molecule has 0 heterocycles. The number of para-hydroxylation sites is 1. The van der Waals surface area contributed by atoms with E-state index in [1.807, 2.05) is 30.3 Å². The smallest absolute Gasteiger partial charge is 0.203 e. The van der Waals surface area contributed by atoms with Gasteiger partial charge in [-0.2, -0.15) is 0 Å². The monoisotopic (exact) mass is 456 g/mol. The number of hydrogen-bond acceptors (Lipinski definition) is 5. The molecule has 0 fully saturated rings. The van der Waals surface area contributed by atoms with E-state index in [0.29, 0.717) is 44.2 Å². The Morgan fingerprint density at radius 2 is 1.52 bits per heavy atom. The van der Waals surface area contributed by atoms with Crippen LogP contribution in [0.15, 0.2) is 60.7 Å². The third-order valence-corrected chi connectivity index (χ3v) is 4.87. The van der Waals surface area contributed by atoms with Gasteiger partial charge in [0.1, 0.15) is 0 Å². The molecule has 0 radical (unpaired) electrons. The van der Waals surface area contributed by atoms with Crippen LogP contribution >= 0.6 is 23.8 Å². The van der Waals surface area contributed by atoms with Crippen molar-refractivity contribution in [3.63, 3.8) is 0 Å². The Morgan fingerprint density at radius 3 is 2.10 bits per heavy atom. The third-order valence-electron chi connectivity index (χ3n) is 4.43. The maximum atomic E-state index is 13.4. The molecular weight excluding hydrogens is 436 g/mol. The van der Waals surface area contributed by atoms with Gasteiger partial charge in [0.05, 0.1) is 27.0 Å². The van der Waals surface area contributed by atoms with Gasteiger partial charge in [0.15, 0.2) is 22.4 Å². The molecule has 0 unspecified atom stereocenters. The van der Waals surface area contributed by atoms with Crippen LogP contribution in [0.5, 0.6) is 17.2 Å². The first-order valence-corrected chi connectivity index (χ1v) is 10.0. The van der Waals surface area contributed by atoms with Crippen molar-refractivity contribution in [1.29, 1.82) is 0 Å². The number of nitrogens with one attached hydrogen (secondary N) is 2. The second-order valence-electron chi connectivity index (χ2n) is 6.38. The summed E-state index contributed by atoms with van der Waals surface area (Å²) in [5, 5.41) is 6.91. The summed E-state index contributed by atoms with van der Waals surface area (Å²) < 4.78 is 16.1. The number of halogens is 1. The lowest BCUT2D eigenvalue weighted by Gasteiger charge is -2.16. The minimum atomic E-state index is -0.285. The first-order valence-electron chi connectivity index (χ1n) is 9.24. The van der Waals surface area contributed by atoms with Crippen LogP contribution in [0.25, 0.3) is 0 Å². The molecule has 3 rings (SSSR count). The Morgan fingerprint density at radius 1 is 0.871 bits per heavy atom. The zero-order valence-corrected chi connectivity index (χ0v) is 18.8. The zero-order valence-electron chi connectivity index (χ0n) is 17.2. The summed E-state index contributed by atoms with van der Waals surface area (Å²) in [5.41, 5.74) is 2.03. The van der Waals surface area contributed by atoms with Crippen LogP contribution in [0.3, 0.4) is 0 Å². The van der Waals surface area contributed by atoms with Crippen LogP contribution in [-0.4, -0.2) is 32.2 Å². The lowest BCUT2D eigenvalue weighted by atomic mass is 10.0. The second kappa shape index (κ2) is 10.1. The highest BCUT2D eigenvalue weighted by Crippen LogP contribution is 2.39. The van der Waals surface area contributed by atoms with E-state index in [1.54, 1.807) is 30.3 Å². The number of anilines is 2. The van der Waals surface area contributed by atoms with Gasteiger partial charge >= 0.3 is 0 Å². The van der Waals surface area contributed by atoms with Crippen molar-refractivity contribution < 1.29 is 19.0 Å². The molecule has 0 saturated carbocycles. The summed E-state index contributed by atoms with van der Waals surface area (Å²) in [6.45, 7) is 0. The summed E-state index contributed by atoms with van der Waals surface area (Å²) in [7, 11) is 4.48. The Balaban J connectivity index is 1.95. The highest BCUT2D eigenvalue weighted by Gasteiger charge is 2.21. The summed E-state index contributed by atoms with van der Waals surface area (Å²) in [6, 6.07) is 17.6. The standard InChI is InChI=1S/C23H21ClN2O4S/c1-28-19-11-14(12-20(29-2)22(19)30-3)21(27)17-13-15(24)9-10-18(17)26-23(31)25-16-7-5-4-6-8-16/h4-13H,1-3H3,(H2,25,26,31). The molecule has 0 amide bonds. The van der Waals surface area contributed by atoms with Gasteiger partial charge in [-0.15, -0.1) is 0 Å². The minimum Gasteiger partial charge on any atom is -0.493 e. The highest BCUT2D eigenvalue weighted by atomic mass is 35.5. The van der Waals surface area contributed by atoms with Gasteiger partial charge in [-0.1, -0.05) is 29.8 Å². The van der Waals surface area contributed by atoms with E-state index in [2.05, 4.69) is 10.6 Å². The van der Waals surface area contributed by atoms with E-state index in [4.69, 9.17) is 38.0 Å². The molecule has 0 aliphatic carbocycles. The first kappa shape index (κ1) is 22.4. The Hall–Kier alpha value is -3.29. The van der Waals surface area contributed by atoms with E-state index in [1.165, 1.54) is 21.3 Å². The lowest BCUT2D eigenvalue weighted by Crippen LogP contribution is -2.20. The quantitative estimate of drug-likeness (QED) is 0.364. The van der Waals surface area contributed by atoms with E-state index >= 15 is 0 Å². The average Bonchev–Trinajstić information content (AvgIpc) is 2.79. The van der Waals surface area contributed by atoms with Gasteiger partial charge in [0.2, 0.25) is 5.75 Å². The number of ketones is 1. The Kier molecular flexibility index (Phi) is 7.33. The summed E-state index contributed by atoms with van der Waals surface area (Å²) in [5.74, 6) is 0.872. The molecule has 3 aromatic carbocycles. The number of carbonyl (C=O) groups is 1. The molecule has 0 aliphatic rings. The number of methoxy groups -OCH3 is 3. The van der Waals surface area contributed by atoms with E-state index in [-0.39, 0.29) is 5.78 Å². The highest BCUT2D eigenvalue weighted by molar-refractivity contribution is 7.80. The SMILES string of the molecule is COc1cc(C(=O)c2cc(Cl)ccc2NC(=S)Nc2ccccc2)cc(OC)c1OC. The fourth-order valence-corrected chi connectivity index (χ4v) is 3.39. The van der Waals surface area contributed by atoms with Gasteiger partial charge in [0, 0.05) is 21.8 Å². The summed E-state index contributed by atoms with van der Waals surface area (Å²) in [6.07, 6.45) is 0. The number of rotatable bonds is 7. The number of ether oxygens (including phenoxy) is 3. The normalized spacial score (nSPS) is 10.2. The minimum absolute atomic E-state index is 0.285. The Labute approximate surface area is 191 Å². The van der Waals surface area contributed by atoms with Crippen molar-refractivity contribution in [1.82, 2.24) is 0 Å². The maximum Gasteiger partial charge on any atom is 0.203 e.